The number of nitrogens with two attached hydrogens (primary N) is 1. The second-order valence-corrected chi connectivity index (χ2v) is 5.43. The molecule has 5 heteroatoms. The highest BCUT2D eigenvalue weighted by Crippen LogP contribution is 2.27. The molecular formula is C16H14FN3S. The van der Waals surface area contributed by atoms with Crippen LogP contribution in [0.1, 0.15) is 5.56 Å². The van der Waals surface area contributed by atoms with Crippen molar-refractivity contribution in [2.75, 3.05) is 5.32 Å². The fourth-order valence-corrected chi connectivity index (χ4v) is 2.72. The summed E-state index contributed by atoms with van der Waals surface area (Å²) in [7, 11) is 0. The molecule has 0 amide bonds. The molecule has 3 nitrogen and oxygen atoms in total. The number of hydrogen-bond donors (Lipinski definition) is 2. The number of rotatable bonds is 4. The predicted molar refractivity (Wildman–Crippen MR) is 85.1 cm³/mol. The highest BCUT2D eigenvalue weighted by atomic mass is 32.1. The number of nitrogens with one attached hydrogen (secondary N) is 1. The lowest BCUT2D eigenvalue weighted by atomic mass is 10.1. The van der Waals surface area contributed by atoms with E-state index in [1.165, 1.54) is 23.5 Å². The number of halogens is 1. The molecule has 2 aromatic carbocycles. The first kappa shape index (κ1) is 13.7. The van der Waals surface area contributed by atoms with Gasteiger partial charge in [-0.25, -0.2) is 9.37 Å². The van der Waals surface area contributed by atoms with E-state index in [9.17, 15) is 4.39 Å². The quantitative estimate of drug-likeness (QED) is 0.761. The summed E-state index contributed by atoms with van der Waals surface area (Å²) in [5.74, 6) is -0.251. The number of nitrogens with zero attached hydrogens (tertiary/aromatic N) is 1. The molecule has 0 aliphatic carbocycles. The monoisotopic (exact) mass is 299 g/mol. The van der Waals surface area contributed by atoms with E-state index in [1.54, 1.807) is 12.1 Å². The molecule has 0 spiro atoms. The van der Waals surface area contributed by atoms with Gasteiger partial charge in [0.05, 0.1) is 5.69 Å². The van der Waals surface area contributed by atoms with E-state index in [0.29, 0.717) is 6.54 Å². The Morgan fingerprint density at radius 2 is 1.95 bits per heavy atom. The van der Waals surface area contributed by atoms with Crippen LogP contribution in [0.2, 0.25) is 0 Å². The molecule has 106 valence electrons. The molecule has 0 aliphatic heterocycles. The standard InChI is InChI=1S/C16H14FN3S/c17-13-4-6-14(7-5-13)19-16-20-15(10-21-16)12-3-1-2-11(8-12)9-18/h1-8,10H,9,18H2,(H,19,20). The van der Waals surface area contributed by atoms with Gasteiger partial charge in [0.25, 0.3) is 0 Å². The van der Waals surface area contributed by atoms with Crippen LogP contribution in [0.3, 0.4) is 0 Å². The molecule has 0 bridgehead atoms. The van der Waals surface area contributed by atoms with Crippen LogP contribution in [-0.4, -0.2) is 4.98 Å². The number of aromatic nitrogens is 1. The largest absolute Gasteiger partial charge is 0.332 e. The van der Waals surface area contributed by atoms with Gasteiger partial charge in [-0.15, -0.1) is 11.3 Å². The Bertz CT molecular complexity index is 737. The van der Waals surface area contributed by atoms with Crippen molar-refractivity contribution in [3.05, 3.63) is 65.3 Å². The zero-order valence-corrected chi connectivity index (χ0v) is 12.0. The summed E-state index contributed by atoms with van der Waals surface area (Å²) in [5.41, 5.74) is 9.49. The summed E-state index contributed by atoms with van der Waals surface area (Å²) in [6.45, 7) is 0.513. The molecule has 21 heavy (non-hydrogen) atoms. The Morgan fingerprint density at radius 3 is 2.71 bits per heavy atom. The van der Waals surface area contributed by atoms with E-state index in [4.69, 9.17) is 5.73 Å². The van der Waals surface area contributed by atoms with Gasteiger partial charge in [0.15, 0.2) is 5.13 Å². The van der Waals surface area contributed by atoms with Crippen molar-refractivity contribution in [1.29, 1.82) is 0 Å². The second-order valence-electron chi connectivity index (χ2n) is 4.57. The van der Waals surface area contributed by atoms with Crippen LogP contribution in [0, 0.1) is 5.82 Å². The Labute approximate surface area is 126 Å². The Morgan fingerprint density at radius 1 is 1.14 bits per heavy atom. The van der Waals surface area contributed by atoms with Crippen molar-refractivity contribution in [3.63, 3.8) is 0 Å². The lowest BCUT2D eigenvalue weighted by Crippen LogP contribution is -1.95. The maximum Gasteiger partial charge on any atom is 0.187 e. The van der Waals surface area contributed by atoms with E-state index in [1.807, 2.05) is 29.6 Å². The molecular weight excluding hydrogens is 285 g/mol. The summed E-state index contributed by atoms with van der Waals surface area (Å²) in [6, 6.07) is 14.2. The highest BCUT2D eigenvalue weighted by molar-refractivity contribution is 7.14. The van der Waals surface area contributed by atoms with Gasteiger partial charge in [-0.05, 0) is 35.9 Å². The second kappa shape index (κ2) is 6.03. The zero-order chi connectivity index (χ0) is 14.7. The summed E-state index contributed by atoms with van der Waals surface area (Å²) in [5, 5.41) is 5.93. The van der Waals surface area contributed by atoms with Gasteiger partial charge in [-0.2, -0.15) is 0 Å². The molecule has 3 rings (SSSR count). The predicted octanol–water partition coefficient (Wildman–Crippen LogP) is 4.15. The summed E-state index contributed by atoms with van der Waals surface area (Å²) < 4.78 is 12.9. The van der Waals surface area contributed by atoms with Crippen molar-refractivity contribution in [1.82, 2.24) is 4.98 Å². The molecule has 0 aliphatic rings. The van der Waals surface area contributed by atoms with Crippen LogP contribution in [0.4, 0.5) is 15.2 Å². The molecule has 0 fully saturated rings. The first-order valence-corrected chi connectivity index (χ1v) is 7.40. The van der Waals surface area contributed by atoms with E-state index in [2.05, 4.69) is 10.3 Å². The number of benzene rings is 2. The maximum absolute atomic E-state index is 12.9. The van der Waals surface area contributed by atoms with Gasteiger partial charge in [-0.3, -0.25) is 0 Å². The van der Waals surface area contributed by atoms with Crippen molar-refractivity contribution >= 4 is 22.2 Å². The van der Waals surface area contributed by atoms with Crippen molar-refractivity contribution in [3.8, 4) is 11.3 Å². The van der Waals surface area contributed by atoms with E-state index in [-0.39, 0.29) is 5.82 Å². The Kier molecular flexibility index (Phi) is 3.94. The zero-order valence-electron chi connectivity index (χ0n) is 11.2. The van der Waals surface area contributed by atoms with Crippen LogP contribution in [0.15, 0.2) is 53.9 Å². The number of hydrogen-bond acceptors (Lipinski definition) is 4. The summed E-state index contributed by atoms with van der Waals surface area (Å²) >= 11 is 1.51. The van der Waals surface area contributed by atoms with Crippen molar-refractivity contribution in [2.24, 2.45) is 5.73 Å². The van der Waals surface area contributed by atoms with Crippen LogP contribution in [0.5, 0.6) is 0 Å². The normalized spacial score (nSPS) is 10.6. The molecule has 3 aromatic rings. The number of thiazole rings is 1. The highest BCUT2D eigenvalue weighted by Gasteiger charge is 2.05. The van der Waals surface area contributed by atoms with Gasteiger partial charge in [0.1, 0.15) is 5.82 Å². The molecule has 0 saturated heterocycles. The van der Waals surface area contributed by atoms with Crippen LogP contribution >= 0.6 is 11.3 Å². The Hall–Kier alpha value is -2.24. The van der Waals surface area contributed by atoms with E-state index < -0.39 is 0 Å². The maximum atomic E-state index is 12.9. The third-order valence-electron chi connectivity index (χ3n) is 3.06. The van der Waals surface area contributed by atoms with Crippen molar-refractivity contribution in [2.45, 2.75) is 6.54 Å². The third kappa shape index (κ3) is 3.26. The molecule has 0 unspecified atom stereocenters. The molecule has 0 atom stereocenters. The lowest BCUT2D eigenvalue weighted by molar-refractivity contribution is 0.628. The fourth-order valence-electron chi connectivity index (χ4n) is 1.98. The summed E-state index contributed by atoms with van der Waals surface area (Å²) in [6.07, 6.45) is 0. The third-order valence-corrected chi connectivity index (χ3v) is 3.82. The van der Waals surface area contributed by atoms with Gasteiger partial charge in [0, 0.05) is 23.2 Å². The smallest absolute Gasteiger partial charge is 0.187 e. The van der Waals surface area contributed by atoms with Crippen molar-refractivity contribution < 1.29 is 4.39 Å². The first-order chi connectivity index (χ1) is 10.2. The fraction of sp³-hybridized carbons (Fsp3) is 0.0625. The van der Waals surface area contributed by atoms with Crippen LogP contribution in [-0.2, 0) is 6.54 Å². The minimum Gasteiger partial charge on any atom is -0.332 e. The average Bonchev–Trinajstić information content (AvgIpc) is 2.98. The molecule has 1 heterocycles. The minimum absolute atomic E-state index is 0.251. The van der Waals surface area contributed by atoms with Crippen LogP contribution in [0.25, 0.3) is 11.3 Å². The SMILES string of the molecule is NCc1cccc(-c2csc(Nc3ccc(F)cc3)n2)c1. The molecule has 0 saturated carbocycles. The minimum atomic E-state index is -0.251. The molecule has 1 aromatic heterocycles. The average molecular weight is 299 g/mol. The topological polar surface area (TPSA) is 50.9 Å². The number of anilines is 2. The molecule has 0 radical (unpaired) electrons. The van der Waals surface area contributed by atoms with Gasteiger partial charge in [0.2, 0.25) is 0 Å². The van der Waals surface area contributed by atoms with Gasteiger partial charge >= 0.3 is 0 Å². The van der Waals surface area contributed by atoms with Crippen LogP contribution < -0.4 is 11.1 Å². The lowest BCUT2D eigenvalue weighted by Gasteiger charge is -2.02. The molecule has 3 N–H and O–H groups in total. The summed E-state index contributed by atoms with van der Waals surface area (Å²) in [4.78, 5) is 4.55. The van der Waals surface area contributed by atoms with E-state index in [0.717, 1.165) is 27.6 Å². The van der Waals surface area contributed by atoms with E-state index >= 15 is 0 Å². The first-order valence-electron chi connectivity index (χ1n) is 6.52. The van der Waals surface area contributed by atoms with Gasteiger partial charge in [-0.1, -0.05) is 18.2 Å². The Balaban J connectivity index is 1.81. The van der Waals surface area contributed by atoms with Gasteiger partial charge < -0.3 is 11.1 Å².